The van der Waals surface area contributed by atoms with Gasteiger partial charge in [-0.25, -0.2) is 17.7 Å². The number of halogens is 1. The van der Waals surface area contributed by atoms with E-state index in [-0.39, 0.29) is 41.4 Å². The molecule has 0 radical (unpaired) electrons. The van der Waals surface area contributed by atoms with E-state index in [9.17, 15) is 17.4 Å². The van der Waals surface area contributed by atoms with Gasteiger partial charge in [0.1, 0.15) is 17.5 Å². The number of anilines is 2. The SMILES string of the molecule is CN(CCn1c(=O)c(-c2ncc(S(C)=O)cc2Cl)cc2cnc(Nc3ccc(OC4CCNC4)cc3)nc21)S(C)(=O)=O. The lowest BCUT2D eigenvalue weighted by Gasteiger charge is -2.17. The highest BCUT2D eigenvalue weighted by Crippen LogP contribution is 2.28. The second-order valence-electron chi connectivity index (χ2n) is 9.91. The molecule has 1 aliphatic rings. The minimum absolute atomic E-state index is 0.0138. The average molecular weight is 632 g/mol. The van der Waals surface area contributed by atoms with Crippen LogP contribution in [0.25, 0.3) is 22.3 Å². The Labute approximate surface area is 250 Å². The number of likely N-dealkylation sites (N-methyl/N-ethyl adjacent to an activating group) is 1. The molecule has 0 spiro atoms. The number of rotatable bonds is 10. The van der Waals surface area contributed by atoms with Crippen LogP contribution >= 0.6 is 11.6 Å². The van der Waals surface area contributed by atoms with Crippen LogP contribution in [-0.2, 0) is 27.4 Å². The van der Waals surface area contributed by atoms with Crippen LogP contribution in [0, 0.1) is 0 Å². The Hall–Kier alpha value is -3.43. The third kappa shape index (κ3) is 6.79. The van der Waals surface area contributed by atoms with Crippen molar-refractivity contribution in [3.05, 3.63) is 64.2 Å². The molecular weight excluding hydrogens is 602 g/mol. The summed E-state index contributed by atoms with van der Waals surface area (Å²) < 4.78 is 44.5. The average Bonchev–Trinajstić information content (AvgIpc) is 3.46. The maximum Gasteiger partial charge on any atom is 0.261 e. The Bertz CT molecular complexity index is 1810. The summed E-state index contributed by atoms with van der Waals surface area (Å²) in [6.45, 7) is 1.80. The Balaban J connectivity index is 1.51. The first-order chi connectivity index (χ1) is 20.0. The van der Waals surface area contributed by atoms with Gasteiger partial charge in [0.2, 0.25) is 16.0 Å². The van der Waals surface area contributed by atoms with Crippen molar-refractivity contribution in [2.75, 3.05) is 44.5 Å². The number of sulfonamides is 1. The summed E-state index contributed by atoms with van der Waals surface area (Å²) in [5.74, 6) is 1.01. The van der Waals surface area contributed by atoms with Crippen LogP contribution in [0.2, 0.25) is 5.02 Å². The van der Waals surface area contributed by atoms with Gasteiger partial charge >= 0.3 is 0 Å². The molecule has 5 rings (SSSR count). The van der Waals surface area contributed by atoms with Crippen molar-refractivity contribution in [3.63, 3.8) is 0 Å². The highest BCUT2D eigenvalue weighted by molar-refractivity contribution is 7.88. The highest BCUT2D eigenvalue weighted by Gasteiger charge is 2.20. The van der Waals surface area contributed by atoms with Gasteiger partial charge in [-0.1, -0.05) is 11.6 Å². The number of pyridine rings is 2. The van der Waals surface area contributed by atoms with Gasteiger partial charge in [0, 0.05) is 56.4 Å². The number of nitrogens with zero attached hydrogens (tertiary/aromatic N) is 5. The second-order valence-corrected chi connectivity index (χ2v) is 13.8. The van der Waals surface area contributed by atoms with Crippen molar-refractivity contribution in [3.8, 4) is 17.0 Å². The minimum atomic E-state index is -3.48. The first kappa shape index (κ1) is 30.0. The highest BCUT2D eigenvalue weighted by atomic mass is 35.5. The molecule has 2 atom stereocenters. The number of fused-ring (bicyclic) bond motifs is 1. The fourth-order valence-electron chi connectivity index (χ4n) is 4.45. The number of aromatic nitrogens is 4. The monoisotopic (exact) mass is 631 g/mol. The zero-order valence-electron chi connectivity index (χ0n) is 23.2. The number of ether oxygens (including phenoxy) is 1. The Kier molecular flexibility index (Phi) is 8.89. The van der Waals surface area contributed by atoms with E-state index in [0.717, 1.165) is 41.5 Å². The topological polar surface area (TPSA) is 148 Å². The first-order valence-corrected chi connectivity index (χ1v) is 16.8. The predicted molar refractivity (Wildman–Crippen MR) is 163 cm³/mol. The zero-order valence-corrected chi connectivity index (χ0v) is 25.6. The fraction of sp³-hybridized carbons (Fsp3) is 0.333. The van der Waals surface area contributed by atoms with Gasteiger partial charge in [-0.3, -0.25) is 18.6 Å². The van der Waals surface area contributed by atoms with Crippen LogP contribution in [0.1, 0.15) is 6.42 Å². The Morgan fingerprint density at radius 1 is 1.21 bits per heavy atom. The lowest BCUT2D eigenvalue weighted by Crippen LogP contribution is -2.33. The molecular formula is C27H30ClN7O5S2. The molecule has 2 unspecified atom stereocenters. The van der Waals surface area contributed by atoms with Crippen molar-refractivity contribution >= 4 is 55.1 Å². The van der Waals surface area contributed by atoms with E-state index in [2.05, 4.69) is 25.6 Å². The van der Waals surface area contributed by atoms with Gasteiger partial charge in [-0.2, -0.15) is 4.98 Å². The first-order valence-electron chi connectivity index (χ1n) is 13.1. The van der Waals surface area contributed by atoms with Crippen LogP contribution in [0.3, 0.4) is 0 Å². The summed E-state index contributed by atoms with van der Waals surface area (Å²) in [6, 6.07) is 10.5. The Morgan fingerprint density at radius 2 is 1.98 bits per heavy atom. The van der Waals surface area contributed by atoms with Crippen molar-refractivity contribution in [2.24, 2.45) is 0 Å². The summed E-state index contributed by atoms with van der Waals surface area (Å²) >= 11 is 6.46. The number of hydrogen-bond donors (Lipinski definition) is 2. The predicted octanol–water partition coefficient (Wildman–Crippen LogP) is 2.62. The third-order valence-electron chi connectivity index (χ3n) is 6.86. The van der Waals surface area contributed by atoms with Gasteiger partial charge in [0.15, 0.2) is 0 Å². The molecule has 0 amide bonds. The van der Waals surface area contributed by atoms with Crippen LogP contribution in [0.4, 0.5) is 11.6 Å². The molecule has 2 N–H and O–H groups in total. The van der Waals surface area contributed by atoms with Crippen molar-refractivity contribution in [2.45, 2.75) is 24.0 Å². The zero-order chi connectivity index (χ0) is 30.0. The van der Waals surface area contributed by atoms with E-state index >= 15 is 0 Å². The van der Waals surface area contributed by atoms with E-state index in [4.69, 9.17) is 16.3 Å². The van der Waals surface area contributed by atoms with Crippen molar-refractivity contribution in [1.29, 1.82) is 0 Å². The lowest BCUT2D eigenvalue weighted by atomic mass is 10.1. The Morgan fingerprint density at radius 3 is 2.62 bits per heavy atom. The summed E-state index contributed by atoms with van der Waals surface area (Å²) in [5, 5.41) is 7.11. The summed E-state index contributed by atoms with van der Waals surface area (Å²) in [6.07, 6.45) is 6.69. The molecule has 1 fully saturated rings. The summed E-state index contributed by atoms with van der Waals surface area (Å²) in [5.41, 5.74) is 0.954. The summed E-state index contributed by atoms with van der Waals surface area (Å²) in [4.78, 5) is 27.6. The van der Waals surface area contributed by atoms with Crippen LogP contribution in [0.5, 0.6) is 5.75 Å². The second kappa shape index (κ2) is 12.4. The van der Waals surface area contributed by atoms with Crippen LogP contribution < -0.4 is 20.9 Å². The molecule has 42 heavy (non-hydrogen) atoms. The molecule has 0 bridgehead atoms. The van der Waals surface area contributed by atoms with Crippen molar-refractivity contribution in [1.82, 2.24) is 29.1 Å². The molecule has 222 valence electrons. The molecule has 1 aromatic carbocycles. The molecule has 4 aromatic rings. The smallest absolute Gasteiger partial charge is 0.261 e. The minimum Gasteiger partial charge on any atom is -0.489 e. The maximum atomic E-state index is 13.8. The summed E-state index contributed by atoms with van der Waals surface area (Å²) in [7, 11) is -3.35. The van der Waals surface area contributed by atoms with Crippen molar-refractivity contribution < 1.29 is 17.4 Å². The molecule has 1 aliphatic heterocycles. The molecule has 1 saturated heterocycles. The van der Waals surface area contributed by atoms with Gasteiger partial charge in [-0.15, -0.1) is 0 Å². The quantitative estimate of drug-likeness (QED) is 0.268. The fourth-order valence-corrected chi connectivity index (χ4v) is 5.68. The number of hydrogen-bond acceptors (Lipinski definition) is 10. The van der Waals surface area contributed by atoms with Gasteiger partial charge in [0.25, 0.3) is 5.56 Å². The largest absolute Gasteiger partial charge is 0.489 e. The van der Waals surface area contributed by atoms with Gasteiger partial charge in [0.05, 0.1) is 38.2 Å². The lowest BCUT2D eigenvalue weighted by molar-refractivity contribution is 0.223. The van der Waals surface area contributed by atoms with E-state index in [0.29, 0.717) is 15.9 Å². The molecule has 12 nitrogen and oxygen atoms in total. The van der Waals surface area contributed by atoms with Gasteiger partial charge < -0.3 is 15.4 Å². The van der Waals surface area contributed by atoms with E-state index in [1.165, 1.54) is 30.1 Å². The van der Waals surface area contributed by atoms with Crippen LogP contribution in [0.15, 0.2) is 58.5 Å². The maximum absolute atomic E-state index is 13.8. The number of nitrogens with one attached hydrogen (secondary N) is 2. The molecule has 15 heteroatoms. The van der Waals surface area contributed by atoms with E-state index in [1.54, 1.807) is 12.3 Å². The van der Waals surface area contributed by atoms with Crippen LogP contribution in [-0.4, -0.2) is 81.7 Å². The molecule has 0 aliphatic carbocycles. The van der Waals surface area contributed by atoms with E-state index in [1.807, 2.05) is 24.3 Å². The standard InChI is InChI=1S/C27H30ClN7O5S2/c1-34(42(3,38)39)10-11-35-25-17(12-22(26(35)36)24-23(28)13-21(16-30-24)41(2)37)14-31-27(33-25)32-18-4-6-19(7-5-18)40-20-8-9-29-15-20/h4-7,12-14,16,20,29H,8-11,15H2,1-3H3,(H,31,32,33). The third-order valence-corrected chi connectivity index (χ3v) is 9.35. The normalized spacial score (nSPS) is 16.2. The molecule has 0 saturated carbocycles. The number of benzene rings is 1. The van der Waals surface area contributed by atoms with E-state index < -0.39 is 26.4 Å². The van der Waals surface area contributed by atoms with Gasteiger partial charge in [-0.05, 0) is 49.4 Å². The molecule has 4 heterocycles. The molecule has 3 aromatic heterocycles.